The lowest BCUT2D eigenvalue weighted by atomic mass is 9.75. The highest BCUT2D eigenvalue weighted by Gasteiger charge is 2.18. The van der Waals surface area contributed by atoms with Crippen molar-refractivity contribution in [3.8, 4) is 11.1 Å². The maximum atomic E-state index is 9.74. The lowest BCUT2D eigenvalue weighted by Gasteiger charge is -2.16. The van der Waals surface area contributed by atoms with Gasteiger partial charge in [0.2, 0.25) is 0 Å². The molecule has 0 fully saturated rings. The lowest BCUT2D eigenvalue weighted by Crippen LogP contribution is -2.30. The fraction of sp³-hybridized carbons (Fsp3) is 0. The third-order valence-corrected chi connectivity index (χ3v) is 5.06. The zero-order valence-electron chi connectivity index (χ0n) is 13.5. The summed E-state index contributed by atoms with van der Waals surface area (Å²) in [5, 5.41) is 26.1. The third kappa shape index (κ3) is 2.07. The topological polar surface area (TPSA) is 40.5 Å². The Morgan fingerprint density at radius 1 is 0.560 bits per heavy atom. The van der Waals surface area contributed by atoms with Gasteiger partial charge in [0.25, 0.3) is 0 Å². The van der Waals surface area contributed by atoms with Crippen LogP contribution in [0.4, 0.5) is 0 Å². The molecule has 5 aromatic carbocycles. The van der Waals surface area contributed by atoms with Gasteiger partial charge >= 0.3 is 7.12 Å². The second-order valence-electron chi connectivity index (χ2n) is 6.43. The maximum Gasteiger partial charge on any atom is 0.489 e. The molecule has 5 aromatic rings. The molecule has 3 heteroatoms. The van der Waals surface area contributed by atoms with Crippen molar-refractivity contribution < 1.29 is 10.0 Å². The van der Waals surface area contributed by atoms with Crippen molar-refractivity contribution in [2.75, 3.05) is 0 Å². The van der Waals surface area contributed by atoms with E-state index in [1.807, 2.05) is 30.3 Å². The van der Waals surface area contributed by atoms with Crippen molar-refractivity contribution >= 4 is 44.9 Å². The Morgan fingerprint density at radius 2 is 1.16 bits per heavy atom. The molecule has 0 aliphatic rings. The van der Waals surface area contributed by atoms with Crippen molar-refractivity contribution in [2.45, 2.75) is 0 Å². The highest BCUT2D eigenvalue weighted by Crippen LogP contribution is 2.38. The van der Waals surface area contributed by atoms with Crippen molar-refractivity contribution in [2.24, 2.45) is 0 Å². The lowest BCUT2D eigenvalue weighted by molar-refractivity contribution is 0.426. The molecule has 2 nitrogen and oxygen atoms in total. The molecule has 0 bridgehead atoms. The van der Waals surface area contributed by atoms with Gasteiger partial charge in [-0.3, -0.25) is 0 Å². The minimum Gasteiger partial charge on any atom is -0.423 e. The zero-order valence-corrected chi connectivity index (χ0v) is 13.5. The van der Waals surface area contributed by atoms with E-state index in [4.69, 9.17) is 0 Å². The van der Waals surface area contributed by atoms with E-state index in [1.165, 1.54) is 21.9 Å². The highest BCUT2D eigenvalue weighted by atomic mass is 16.4. The van der Waals surface area contributed by atoms with Crippen LogP contribution in [0.3, 0.4) is 0 Å². The molecule has 0 amide bonds. The van der Waals surface area contributed by atoms with Gasteiger partial charge in [0.05, 0.1) is 0 Å². The summed E-state index contributed by atoms with van der Waals surface area (Å²) in [6.07, 6.45) is 0. The predicted octanol–water partition coefficient (Wildman–Crippen LogP) is 3.93. The van der Waals surface area contributed by atoms with Crippen molar-refractivity contribution in [1.82, 2.24) is 0 Å². The fourth-order valence-electron chi connectivity index (χ4n) is 3.92. The molecule has 0 radical (unpaired) electrons. The van der Waals surface area contributed by atoms with Crippen LogP contribution in [-0.4, -0.2) is 17.2 Å². The predicted molar refractivity (Wildman–Crippen MR) is 105 cm³/mol. The fourth-order valence-corrected chi connectivity index (χ4v) is 3.92. The first-order valence-corrected chi connectivity index (χ1v) is 8.36. The summed E-state index contributed by atoms with van der Waals surface area (Å²) in [5.74, 6) is 0. The van der Waals surface area contributed by atoms with Gasteiger partial charge in [-0.25, -0.2) is 0 Å². The second kappa shape index (κ2) is 5.31. The third-order valence-electron chi connectivity index (χ3n) is 5.06. The molecule has 25 heavy (non-hydrogen) atoms. The minimum absolute atomic E-state index is 0.548. The molecule has 0 saturated carbocycles. The van der Waals surface area contributed by atoms with Crippen LogP contribution in [0.1, 0.15) is 0 Å². The maximum absolute atomic E-state index is 9.74. The smallest absolute Gasteiger partial charge is 0.423 e. The number of rotatable bonds is 2. The number of benzene rings is 5. The van der Waals surface area contributed by atoms with Crippen molar-refractivity contribution in [3.05, 3.63) is 78.9 Å². The van der Waals surface area contributed by atoms with Gasteiger partial charge in [0.15, 0.2) is 0 Å². The van der Waals surface area contributed by atoms with Crippen LogP contribution >= 0.6 is 0 Å². The Bertz CT molecular complexity index is 1210. The molecular formula is C22H15BO2. The Kier molecular flexibility index (Phi) is 3.08. The summed E-state index contributed by atoms with van der Waals surface area (Å²) in [4.78, 5) is 0. The van der Waals surface area contributed by atoms with Crippen LogP contribution in [0.15, 0.2) is 78.9 Å². The van der Waals surface area contributed by atoms with Crippen LogP contribution < -0.4 is 5.46 Å². The summed E-state index contributed by atoms with van der Waals surface area (Å²) in [7, 11) is -1.47. The van der Waals surface area contributed by atoms with Gasteiger partial charge < -0.3 is 10.0 Å². The monoisotopic (exact) mass is 322 g/mol. The Balaban J connectivity index is 1.98. The largest absolute Gasteiger partial charge is 0.489 e. The van der Waals surface area contributed by atoms with Crippen LogP contribution in [-0.2, 0) is 0 Å². The van der Waals surface area contributed by atoms with Crippen LogP contribution in [0.25, 0.3) is 43.4 Å². The van der Waals surface area contributed by atoms with Crippen molar-refractivity contribution in [1.29, 1.82) is 0 Å². The van der Waals surface area contributed by atoms with Crippen LogP contribution in [0.2, 0.25) is 0 Å². The Labute approximate surface area is 145 Å². The van der Waals surface area contributed by atoms with E-state index in [1.54, 1.807) is 6.07 Å². The van der Waals surface area contributed by atoms with E-state index in [9.17, 15) is 10.0 Å². The van der Waals surface area contributed by atoms with E-state index >= 15 is 0 Å². The summed E-state index contributed by atoms with van der Waals surface area (Å²) in [5.41, 5.74) is 2.92. The van der Waals surface area contributed by atoms with E-state index in [2.05, 4.69) is 42.5 Å². The van der Waals surface area contributed by atoms with Crippen LogP contribution in [0.5, 0.6) is 0 Å². The van der Waals surface area contributed by atoms with Gasteiger partial charge in [-0.05, 0) is 48.9 Å². The molecule has 0 aliphatic heterocycles. The SMILES string of the molecule is OB(O)c1ccc2ccc3ccc(-c4ccccc4)c4ccc1c2c34. The zero-order chi connectivity index (χ0) is 17.0. The van der Waals surface area contributed by atoms with Gasteiger partial charge in [-0.15, -0.1) is 0 Å². The quantitative estimate of drug-likeness (QED) is 0.382. The normalized spacial score (nSPS) is 11.6. The number of hydrogen-bond donors (Lipinski definition) is 2. The first-order valence-electron chi connectivity index (χ1n) is 8.36. The van der Waals surface area contributed by atoms with Gasteiger partial charge in [0.1, 0.15) is 0 Å². The number of hydrogen-bond acceptors (Lipinski definition) is 2. The van der Waals surface area contributed by atoms with Gasteiger partial charge in [0, 0.05) is 0 Å². The highest BCUT2D eigenvalue weighted by molar-refractivity contribution is 6.62. The summed E-state index contributed by atoms with van der Waals surface area (Å²) in [6, 6.07) is 26.8. The molecule has 0 heterocycles. The van der Waals surface area contributed by atoms with Gasteiger partial charge in [-0.2, -0.15) is 0 Å². The minimum atomic E-state index is -1.47. The average Bonchev–Trinajstić information content (AvgIpc) is 2.66. The second-order valence-corrected chi connectivity index (χ2v) is 6.43. The average molecular weight is 322 g/mol. The molecule has 0 unspecified atom stereocenters. The first-order chi connectivity index (χ1) is 12.2. The van der Waals surface area contributed by atoms with Crippen LogP contribution in [0, 0.1) is 0 Å². The van der Waals surface area contributed by atoms with E-state index in [-0.39, 0.29) is 0 Å². The molecular weight excluding hydrogens is 307 g/mol. The van der Waals surface area contributed by atoms with Gasteiger partial charge in [-0.1, -0.05) is 78.9 Å². The Hall–Kier alpha value is -2.88. The molecule has 0 aromatic heterocycles. The standard InChI is InChI=1S/C22H15BO2/c24-23(25)20-13-9-16-7-6-15-8-10-17(14-4-2-1-3-5-14)18-11-12-19(20)22(16)21(15)18/h1-13,24-25H. The summed E-state index contributed by atoms with van der Waals surface area (Å²) >= 11 is 0. The summed E-state index contributed by atoms with van der Waals surface area (Å²) < 4.78 is 0. The van der Waals surface area contributed by atoms with E-state index < -0.39 is 7.12 Å². The van der Waals surface area contributed by atoms with E-state index in [0.29, 0.717) is 5.46 Å². The van der Waals surface area contributed by atoms with E-state index in [0.717, 1.165) is 21.5 Å². The molecule has 0 saturated heterocycles. The summed E-state index contributed by atoms with van der Waals surface area (Å²) in [6.45, 7) is 0. The van der Waals surface area contributed by atoms with Crippen molar-refractivity contribution in [3.63, 3.8) is 0 Å². The molecule has 0 atom stereocenters. The molecule has 5 rings (SSSR count). The first kappa shape index (κ1) is 14.5. The Morgan fingerprint density at radius 3 is 1.88 bits per heavy atom. The molecule has 0 spiro atoms. The molecule has 118 valence electrons. The molecule has 0 aliphatic carbocycles. The molecule has 2 N–H and O–H groups in total.